The molecule has 0 spiro atoms. The average Bonchev–Trinajstić information content (AvgIpc) is 2.66. The Bertz CT molecular complexity index is 479. The smallest absolute Gasteiger partial charge is 0.135 e. The largest absolute Gasteiger partial charge is 0.299 e. The van der Waals surface area contributed by atoms with Crippen molar-refractivity contribution < 1.29 is 4.79 Å². The van der Waals surface area contributed by atoms with Gasteiger partial charge in [-0.05, 0) is 62.0 Å². The van der Waals surface area contributed by atoms with E-state index >= 15 is 0 Å². The van der Waals surface area contributed by atoms with Gasteiger partial charge in [-0.1, -0.05) is 70.2 Å². The maximum atomic E-state index is 12.4. The van der Waals surface area contributed by atoms with Crippen LogP contribution in [0.25, 0.3) is 0 Å². The summed E-state index contributed by atoms with van der Waals surface area (Å²) in [5.74, 6) is 1.57. The number of Topliss-reactive ketones (excluding diaryl/α,β-unsaturated/α-hetero) is 1. The molecule has 2 rings (SSSR count). The van der Waals surface area contributed by atoms with Crippen LogP contribution in [0.1, 0.15) is 108 Å². The van der Waals surface area contributed by atoms with Crippen LogP contribution in [0.4, 0.5) is 0 Å². The van der Waals surface area contributed by atoms with Crippen LogP contribution in [-0.2, 0) is 11.2 Å². The zero-order chi connectivity index (χ0) is 17.9. The highest BCUT2D eigenvalue weighted by atomic mass is 16.1. The molecule has 0 amide bonds. The lowest BCUT2D eigenvalue weighted by molar-refractivity contribution is -0.124. The SMILES string of the molecule is CCCCCCCC(=O)C1CCC(c2ccc(CCCC)cc2)CC1. The predicted molar refractivity (Wildman–Crippen MR) is 108 cm³/mol. The van der Waals surface area contributed by atoms with Crippen LogP contribution in [0.3, 0.4) is 0 Å². The summed E-state index contributed by atoms with van der Waals surface area (Å²) < 4.78 is 0. The van der Waals surface area contributed by atoms with Crippen LogP contribution in [0, 0.1) is 5.92 Å². The number of hydrogen-bond donors (Lipinski definition) is 0. The Morgan fingerprint density at radius 3 is 2.12 bits per heavy atom. The molecule has 0 saturated heterocycles. The van der Waals surface area contributed by atoms with Crippen molar-refractivity contribution in [2.75, 3.05) is 0 Å². The van der Waals surface area contributed by atoms with E-state index in [9.17, 15) is 4.79 Å². The lowest BCUT2D eigenvalue weighted by Gasteiger charge is -2.28. The number of rotatable bonds is 11. The van der Waals surface area contributed by atoms with Crippen LogP contribution >= 0.6 is 0 Å². The zero-order valence-electron chi connectivity index (χ0n) is 16.6. The van der Waals surface area contributed by atoms with Gasteiger partial charge in [0.05, 0.1) is 0 Å². The highest BCUT2D eigenvalue weighted by Crippen LogP contribution is 2.36. The van der Waals surface area contributed by atoms with Gasteiger partial charge in [-0.25, -0.2) is 0 Å². The van der Waals surface area contributed by atoms with Crippen molar-refractivity contribution in [1.82, 2.24) is 0 Å². The van der Waals surface area contributed by atoms with Gasteiger partial charge in [-0.2, -0.15) is 0 Å². The van der Waals surface area contributed by atoms with Gasteiger partial charge in [-0.15, -0.1) is 0 Å². The highest BCUT2D eigenvalue weighted by molar-refractivity contribution is 5.81. The first-order chi connectivity index (χ1) is 12.2. The third-order valence-corrected chi connectivity index (χ3v) is 5.98. The van der Waals surface area contributed by atoms with Crippen molar-refractivity contribution in [2.24, 2.45) is 5.92 Å². The first-order valence-corrected chi connectivity index (χ1v) is 10.9. The number of carbonyl (C=O) groups excluding carboxylic acids is 1. The second-order valence-electron chi connectivity index (χ2n) is 8.02. The predicted octanol–water partition coefficient (Wildman–Crippen LogP) is 7.23. The van der Waals surface area contributed by atoms with Gasteiger partial charge in [0.15, 0.2) is 0 Å². The Hall–Kier alpha value is -1.11. The highest BCUT2D eigenvalue weighted by Gasteiger charge is 2.26. The maximum absolute atomic E-state index is 12.4. The van der Waals surface area contributed by atoms with Crippen molar-refractivity contribution in [3.8, 4) is 0 Å². The molecule has 1 aromatic carbocycles. The van der Waals surface area contributed by atoms with Crippen molar-refractivity contribution in [3.05, 3.63) is 35.4 Å². The first-order valence-electron chi connectivity index (χ1n) is 10.9. The molecule has 25 heavy (non-hydrogen) atoms. The molecule has 1 nitrogen and oxygen atoms in total. The van der Waals surface area contributed by atoms with E-state index in [1.54, 1.807) is 0 Å². The lowest BCUT2D eigenvalue weighted by atomic mass is 9.76. The monoisotopic (exact) mass is 342 g/mol. The summed E-state index contributed by atoms with van der Waals surface area (Å²) in [4.78, 5) is 12.4. The minimum Gasteiger partial charge on any atom is -0.299 e. The number of benzene rings is 1. The molecule has 0 bridgehead atoms. The Labute approximate surface area is 155 Å². The summed E-state index contributed by atoms with van der Waals surface area (Å²) in [6, 6.07) is 9.31. The van der Waals surface area contributed by atoms with E-state index in [0.29, 0.717) is 17.6 Å². The molecule has 1 aliphatic rings. The van der Waals surface area contributed by atoms with E-state index in [4.69, 9.17) is 0 Å². The Balaban J connectivity index is 1.70. The summed E-state index contributed by atoms with van der Waals surface area (Å²) >= 11 is 0. The Morgan fingerprint density at radius 2 is 1.48 bits per heavy atom. The van der Waals surface area contributed by atoms with Gasteiger partial charge in [0, 0.05) is 12.3 Å². The summed E-state index contributed by atoms with van der Waals surface area (Å²) in [5.41, 5.74) is 2.96. The van der Waals surface area contributed by atoms with Crippen LogP contribution < -0.4 is 0 Å². The molecule has 1 fully saturated rings. The van der Waals surface area contributed by atoms with E-state index in [0.717, 1.165) is 25.7 Å². The maximum Gasteiger partial charge on any atom is 0.135 e. The summed E-state index contributed by atoms with van der Waals surface area (Å²) in [6.45, 7) is 4.49. The van der Waals surface area contributed by atoms with Crippen LogP contribution in [0.5, 0.6) is 0 Å². The van der Waals surface area contributed by atoms with Crippen LogP contribution in [0.15, 0.2) is 24.3 Å². The molecule has 0 atom stereocenters. The van der Waals surface area contributed by atoms with Gasteiger partial charge in [0.2, 0.25) is 0 Å². The van der Waals surface area contributed by atoms with Gasteiger partial charge in [0.25, 0.3) is 0 Å². The quantitative estimate of drug-likeness (QED) is 0.387. The Kier molecular flexibility index (Phi) is 9.29. The van der Waals surface area contributed by atoms with E-state index in [1.807, 2.05) is 0 Å². The molecular weight excluding hydrogens is 304 g/mol. The molecule has 1 saturated carbocycles. The normalized spacial score (nSPS) is 20.6. The van der Waals surface area contributed by atoms with Crippen molar-refractivity contribution in [3.63, 3.8) is 0 Å². The average molecular weight is 343 g/mol. The molecule has 0 radical (unpaired) electrons. The minimum absolute atomic E-state index is 0.353. The molecule has 1 aromatic rings. The number of aryl methyl sites for hydroxylation is 1. The van der Waals surface area contributed by atoms with Crippen molar-refractivity contribution >= 4 is 5.78 Å². The number of hydrogen-bond acceptors (Lipinski definition) is 1. The molecule has 0 aliphatic heterocycles. The fourth-order valence-corrected chi connectivity index (χ4v) is 4.19. The number of carbonyl (C=O) groups is 1. The molecule has 0 aromatic heterocycles. The van der Waals surface area contributed by atoms with Crippen molar-refractivity contribution in [1.29, 1.82) is 0 Å². The zero-order valence-corrected chi connectivity index (χ0v) is 16.6. The van der Waals surface area contributed by atoms with E-state index in [-0.39, 0.29) is 0 Å². The molecule has 0 unspecified atom stereocenters. The van der Waals surface area contributed by atoms with E-state index in [2.05, 4.69) is 38.1 Å². The van der Waals surface area contributed by atoms with Crippen molar-refractivity contribution in [2.45, 2.75) is 103 Å². The minimum atomic E-state index is 0.353. The van der Waals surface area contributed by atoms with Crippen LogP contribution in [0.2, 0.25) is 0 Å². The molecule has 0 heterocycles. The third-order valence-electron chi connectivity index (χ3n) is 5.98. The molecule has 1 heteroatoms. The summed E-state index contributed by atoms with van der Waals surface area (Å²) in [5, 5.41) is 0. The number of unbranched alkanes of at least 4 members (excludes halogenated alkanes) is 5. The Morgan fingerprint density at radius 1 is 0.840 bits per heavy atom. The van der Waals surface area contributed by atoms with Gasteiger partial charge >= 0.3 is 0 Å². The fraction of sp³-hybridized carbons (Fsp3) is 0.708. The van der Waals surface area contributed by atoms with Gasteiger partial charge in [0.1, 0.15) is 5.78 Å². The number of ketones is 1. The van der Waals surface area contributed by atoms with Gasteiger partial charge in [-0.3, -0.25) is 4.79 Å². The second-order valence-corrected chi connectivity index (χ2v) is 8.02. The first kappa shape index (κ1) is 20.2. The van der Waals surface area contributed by atoms with Gasteiger partial charge < -0.3 is 0 Å². The summed E-state index contributed by atoms with van der Waals surface area (Å²) in [6.07, 6.45) is 15.4. The molecule has 1 aliphatic carbocycles. The molecular formula is C24H38O. The summed E-state index contributed by atoms with van der Waals surface area (Å²) in [7, 11) is 0. The lowest BCUT2D eigenvalue weighted by Crippen LogP contribution is -2.21. The van der Waals surface area contributed by atoms with Crippen LogP contribution in [-0.4, -0.2) is 5.78 Å². The third kappa shape index (κ3) is 6.96. The topological polar surface area (TPSA) is 17.1 Å². The molecule has 140 valence electrons. The standard InChI is InChI=1S/C24H38O/c1-3-5-7-8-9-11-24(25)23-18-16-22(17-19-23)21-14-12-20(13-15-21)10-6-4-2/h12-15,22-23H,3-11,16-19H2,1-2H3. The van der Waals surface area contributed by atoms with E-state index < -0.39 is 0 Å². The molecule has 0 N–H and O–H groups in total. The van der Waals surface area contributed by atoms with E-state index in [1.165, 1.54) is 68.9 Å². The fourth-order valence-electron chi connectivity index (χ4n) is 4.19. The second kappa shape index (κ2) is 11.5.